The zero-order valence-electron chi connectivity index (χ0n) is 10.5. The first-order valence-corrected chi connectivity index (χ1v) is 6.68. The highest BCUT2D eigenvalue weighted by molar-refractivity contribution is 7.87. The predicted molar refractivity (Wildman–Crippen MR) is 62.5 cm³/mol. The molecule has 0 aliphatic carbocycles. The molecular formula is C11H11F3O5S. The van der Waals surface area contributed by atoms with Crippen LogP contribution in [-0.4, -0.2) is 27.0 Å². The minimum atomic E-state index is -5.70. The van der Waals surface area contributed by atoms with E-state index in [-0.39, 0.29) is 0 Å². The molecule has 5 nitrogen and oxygen atoms in total. The van der Waals surface area contributed by atoms with Gasteiger partial charge in [0.1, 0.15) is 5.75 Å². The largest absolute Gasteiger partial charge is 0.534 e. The Morgan fingerprint density at radius 3 is 2.10 bits per heavy atom. The molecule has 0 spiro atoms. The fraction of sp³-hybridized carbons (Fsp3) is 0.364. The van der Waals surface area contributed by atoms with Gasteiger partial charge in [-0.15, -0.1) is 0 Å². The number of esters is 1. The van der Waals surface area contributed by atoms with Crippen LogP contribution in [0.25, 0.3) is 0 Å². The SMILES string of the molecule is COC(=O)[C@@H](C)c1ccc(OS(=O)(=O)C(F)(F)F)cc1. The molecule has 0 fully saturated rings. The Morgan fingerprint density at radius 2 is 1.70 bits per heavy atom. The number of hydrogen-bond acceptors (Lipinski definition) is 5. The van der Waals surface area contributed by atoms with Crippen molar-refractivity contribution in [3.05, 3.63) is 29.8 Å². The van der Waals surface area contributed by atoms with Gasteiger partial charge >= 0.3 is 21.6 Å². The van der Waals surface area contributed by atoms with E-state index in [9.17, 15) is 26.4 Å². The number of ether oxygens (including phenoxy) is 1. The van der Waals surface area contributed by atoms with Crippen molar-refractivity contribution in [1.29, 1.82) is 0 Å². The van der Waals surface area contributed by atoms with Gasteiger partial charge in [-0.3, -0.25) is 4.79 Å². The van der Waals surface area contributed by atoms with Crippen LogP contribution >= 0.6 is 0 Å². The molecule has 0 bridgehead atoms. The number of hydrogen-bond donors (Lipinski definition) is 0. The van der Waals surface area contributed by atoms with E-state index >= 15 is 0 Å². The molecule has 9 heteroatoms. The second kappa shape index (κ2) is 5.70. The molecule has 0 saturated carbocycles. The lowest BCUT2D eigenvalue weighted by Gasteiger charge is -2.11. The van der Waals surface area contributed by atoms with Crippen molar-refractivity contribution in [2.45, 2.75) is 18.3 Å². The van der Waals surface area contributed by atoms with Gasteiger partial charge in [0.25, 0.3) is 0 Å². The van der Waals surface area contributed by atoms with E-state index in [0.29, 0.717) is 5.56 Å². The molecule has 0 unspecified atom stereocenters. The number of benzene rings is 1. The smallest absolute Gasteiger partial charge is 0.469 e. The molecule has 112 valence electrons. The van der Waals surface area contributed by atoms with E-state index in [4.69, 9.17) is 0 Å². The van der Waals surface area contributed by atoms with Crippen molar-refractivity contribution in [3.63, 3.8) is 0 Å². The van der Waals surface area contributed by atoms with Gasteiger partial charge < -0.3 is 8.92 Å². The van der Waals surface area contributed by atoms with E-state index in [1.54, 1.807) is 0 Å². The Labute approximate surface area is 113 Å². The van der Waals surface area contributed by atoms with Crippen LogP contribution in [0.15, 0.2) is 24.3 Å². The van der Waals surface area contributed by atoms with Crippen molar-refractivity contribution in [2.75, 3.05) is 7.11 Å². The number of methoxy groups -OCH3 is 1. The van der Waals surface area contributed by atoms with Gasteiger partial charge in [0, 0.05) is 0 Å². The van der Waals surface area contributed by atoms with Gasteiger partial charge in [-0.25, -0.2) is 0 Å². The third-order valence-electron chi connectivity index (χ3n) is 2.42. The first-order valence-electron chi connectivity index (χ1n) is 5.27. The third-order valence-corrected chi connectivity index (χ3v) is 3.40. The maximum Gasteiger partial charge on any atom is 0.534 e. The highest BCUT2D eigenvalue weighted by Gasteiger charge is 2.48. The molecule has 1 aromatic rings. The molecule has 1 aromatic carbocycles. The molecule has 0 aromatic heterocycles. The normalized spacial score (nSPS) is 13.7. The second-order valence-electron chi connectivity index (χ2n) is 3.80. The predicted octanol–water partition coefficient (Wildman–Crippen LogP) is 2.19. The van der Waals surface area contributed by atoms with Crippen molar-refractivity contribution >= 4 is 16.1 Å². The Kier molecular flexibility index (Phi) is 4.64. The lowest BCUT2D eigenvalue weighted by Crippen LogP contribution is -2.28. The van der Waals surface area contributed by atoms with Crippen LogP contribution in [0, 0.1) is 0 Å². The minimum absolute atomic E-state index is 0.452. The van der Waals surface area contributed by atoms with Crippen molar-refractivity contribution in [3.8, 4) is 5.75 Å². The average Bonchev–Trinajstić information content (AvgIpc) is 2.36. The molecular weight excluding hydrogens is 301 g/mol. The molecule has 1 rings (SSSR count). The van der Waals surface area contributed by atoms with Crippen LogP contribution in [0.1, 0.15) is 18.4 Å². The summed E-state index contributed by atoms with van der Waals surface area (Å²) in [5.74, 6) is -1.65. The Balaban J connectivity index is 2.91. The van der Waals surface area contributed by atoms with Crippen LogP contribution in [-0.2, 0) is 19.6 Å². The summed E-state index contributed by atoms with van der Waals surface area (Å²) < 4.78 is 66.3. The minimum Gasteiger partial charge on any atom is -0.469 e. The van der Waals surface area contributed by atoms with E-state index in [1.165, 1.54) is 26.2 Å². The summed E-state index contributed by atoms with van der Waals surface area (Å²) in [4.78, 5) is 11.3. The van der Waals surface area contributed by atoms with Crippen LogP contribution in [0.4, 0.5) is 13.2 Å². The summed E-state index contributed by atoms with van der Waals surface area (Å²) in [5, 5.41) is 0. The van der Waals surface area contributed by atoms with Gasteiger partial charge in [-0.1, -0.05) is 12.1 Å². The molecule has 0 amide bonds. The molecule has 1 atom stereocenters. The first-order chi connectivity index (χ1) is 9.08. The summed E-state index contributed by atoms with van der Waals surface area (Å²) in [5.41, 5.74) is -5.04. The third kappa shape index (κ3) is 3.62. The summed E-state index contributed by atoms with van der Waals surface area (Å²) in [6.45, 7) is 1.54. The van der Waals surface area contributed by atoms with Gasteiger partial charge in [0.05, 0.1) is 13.0 Å². The number of alkyl halides is 3. The maximum atomic E-state index is 12.1. The lowest BCUT2D eigenvalue weighted by molar-refractivity contribution is -0.142. The van der Waals surface area contributed by atoms with Crippen molar-refractivity contribution < 1.29 is 35.3 Å². The van der Waals surface area contributed by atoms with Crippen LogP contribution in [0.3, 0.4) is 0 Å². The standard InChI is InChI=1S/C11H11F3O5S/c1-7(10(15)18-2)8-3-5-9(6-4-8)19-20(16,17)11(12,13)14/h3-7H,1-2H3/t7-/m0/s1. The zero-order valence-corrected chi connectivity index (χ0v) is 11.3. The molecule has 0 radical (unpaired) electrons. The molecule has 20 heavy (non-hydrogen) atoms. The molecule has 0 aliphatic heterocycles. The first kappa shape index (κ1) is 16.3. The molecule has 0 aliphatic rings. The number of halogens is 3. The van der Waals surface area contributed by atoms with Gasteiger partial charge in [-0.2, -0.15) is 21.6 Å². The Bertz CT molecular complexity index is 577. The molecule has 0 N–H and O–H groups in total. The molecule has 0 heterocycles. The fourth-order valence-corrected chi connectivity index (χ4v) is 1.76. The highest BCUT2D eigenvalue weighted by atomic mass is 32.2. The summed E-state index contributed by atoms with van der Waals surface area (Å²) in [6.07, 6.45) is 0. The summed E-state index contributed by atoms with van der Waals surface area (Å²) in [6, 6.07) is 4.61. The maximum absolute atomic E-state index is 12.1. The van der Waals surface area contributed by atoms with Crippen LogP contribution < -0.4 is 4.18 Å². The average molecular weight is 312 g/mol. The quantitative estimate of drug-likeness (QED) is 0.484. The van der Waals surface area contributed by atoms with E-state index in [1.807, 2.05) is 0 Å². The Morgan fingerprint density at radius 1 is 1.20 bits per heavy atom. The zero-order chi connectivity index (χ0) is 15.6. The molecule has 0 saturated heterocycles. The topological polar surface area (TPSA) is 69.7 Å². The second-order valence-corrected chi connectivity index (χ2v) is 5.33. The highest BCUT2D eigenvalue weighted by Crippen LogP contribution is 2.28. The lowest BCUT2D eigenvalue weighted by atomic mass is 10.0. The summed E-state index contributed by atoms with van der Waals surface area (Å²) >= 11 is 0. The number of carbonyl (C=O) groups is 1. The van der Waals surface area contributed by atoms with Gasteiger partial charge in [0.2, 0.25) is 0 Å². The number of rotatable bonds is 4. The van der Waals surface area contributed by atoms with Gasteiger partial charge in [0.15, 0.2) is 0 Å². The van der Waals surface area contributed by atoms with E-state index < -0.39 is 33.3 Å². The van der Waals surface area contributed by atoms with Crippen molar-refractivity contribution in [1.82, 2.24) is 0 Å². The van der Waals surface area contributed by atoms with Crippen LogP contribution in [0.5, 0.6) is 5.75 Å². The summed E-state index contributed by atoms with van der Waals surface area (Å²) in [7, 11) is -4.50. The van der Waals surface area contributed by atoms with E-state index in [2.05, 4.69) is 8.92 Å². The fourth-order valence-electron chi connectivity index (χ4n) is 1.30. The Hall–Kier alpha value is -1.77. The van der Waals surface area contributed by atoms with Gasteiger partial charge in [-0.05, 0) is 24.6 Å². The van der Waals surface area contributed by atoms with Crippen LogP contribution in [0.2, 0.25) is 0 Å². The number of carbonyl (C=O) groups excluding carboxylic acids is 1. The monoisotopic (exact) mass is 312 g/mol. The van der Waals surface area contributed by atoms with E-state index in [0.717, 1.165) is 12.1 Å². The van der Waals surface area contributed by atoms with Crippen molar-refractivity contribution in [2.24, 2.45) is 0 Å².